The van der Waals surface area contributed by atoms with Crippen molar-refractivity contribution in [2.24, 2.45) is 0 Å². The SMILES string of the molecule is C#CCOC(=O)CCNc1ccccc1[N+](=O)[O-]. The fourth-order valence-corrected chi connectivity index (χ4v) is 1.28. The maximum Gasteiger partial charge on any atom is 0.308 e. The van der Waals surface area contributed by atoms with Crippen molar-refractivity contribution in [3.05, 3.63) is 34.4 Å². The van der Waals surface area contributed by atoms with E-state index in [0.29, 0.717) is 5.69 Å². The zero-order valence-electron chi connectivity index (χ0n) is 9.59. The van der Waals surface area contributed by atoms with Gasteiger partial charge in [0.15, 0.2) is 6.61 Å². The van der Waals surface area contributed by atoms with Crippen LogP contribution in [0.4, 0.5) is 11.4 Å². The molecule has 0 spiro atoms. The van der Waals surface area contributed by atoms with E-state index in [9.17, 15) is 14.9 Å². The Morgan fingerprint density at radius 3 is 2.89 bits per heavy atom. The van der Waals surface area contributed by atoms with Crippen molar-refractivity contribution in [1.29, 1.82) is 0 Å². The molecule has 0 saturated carbocycles. The van der Waals surface area contributed by atoms with Gasteiger partial charge in [0.25, 0.3) is 5.69 Å². The standard InChI is InChI=1S/C12H12N2O4/c1-2-9-18-12(15)7-8-13-10-5-3-4-6-11(10)14(16)17/h1,3-6,13H,7-9H2. The number of carbonyl (C=O) groups is 1. The third-order valence-electron chi connectivity index (χ3n) is 2.06. The number of anilines is 1. The minimum absolute atomic E-state index is 0.0329. The maximum atomic E-state index is 11.1. The molecule has 1 aromatic carbocycles. The topological polar surface area (TPSA) is 81.5 Å². The summed E-state index contributed by atoms with van der Waals surface area (Å²) >= 11 is 0. The van der Waals surface area contributed by atoms with E-state index in [1.165, 1.54) is 6.07 Å². The number of hydrogen-bond donors (Lipinski definition) is 1. The number of benzene rings is 1. The number of rotatable bonds is 6. The summed E-state index contributed by atoms with van der Waals surface area (Å²) in [5.41, 5.74) is 0.335. The Kier molecular flexibility index (Phi) is 5.19. The van der Waals surface area contributed by atoms with Gasteiger partial charge in [-0.3, -0.25) is 14.9 Å². The molecule has 0 radical (unpaired) electrons. The van der Waals surface area contributed by atoms with Gasteiger partial charge in [-0.1, -0.05) is 18.1 Å². The quantitative estimate of drug-likeness (QED) is 0.357. The highest BCUT2D eigenvalue weighted by Crippen LogP contribution is 2.22. The van der Waals surface area contributed by atoms with Gasteiger partial charge in [0.05, 0.1) is 11.3 Å². The highest BCUT2D eigenvalue weighted by Gasteiger charge is 2.12. The Morgan fingerprint density at radius 1 is 1.50 bits per heavy atom. The molecule has 0 aliphatic heterocycles. The smallest absolute Gasteiger partial charge is 0.308 e. The van der Waals surface area contributed by atoms with Gasteiger partial charge >= 0.3 is 5.97 Å². The van der Waals surface area contributed by atoms with Crippen molar-refractivity contribution in [1.82, 2.24) is 0 Å². The highest BCUT2D eigenvalue weighted by molar-refractivity contribution is 5.70. The van der Waals surface area contributed by atoms with Crippen LogP contribution in [0.25, 0.3) is 0 Å². The minimum atomic E-state index is -0.487. The maximum absolute atomic E-state index is 11.1. The van der Waals surface area contributed by atoms with Gasteiger partial charge in [-0.15, -0.1) is 6.42 Å². The average molecular weight is 248 g/mol. The molecule has 1 rings (SSSR count). The number of carbonyl (C=O) groups excluding carboxylic acids is 1. The van der Waals surface area contributed by atoms with Gasteiger partial charge in [-0.2, -0.15) is 0 Å². The molecule has 0 atom stereocenters. The van der Waals surface area contributed by atoms with Gasteiger partial charge in [0, 0.05) is 12.6 Å². The van der Waals surface area contributed by atoms with Crippen LogP contribution in [0, 0.1) is 22.5 Å². The lowest BCUT2D eigenvalue weighted by Crippen LogP contribution is -2.12. The summed E-state index contributed by atoms with van der Waals surface area (Å²) in [5, 5.41) is 13.5. The Morgan fingerprint density at radius 2 is 2.22 bits per heavy atom. The van der Waals surface area contributed by atoms with Crippen LogP contribution in [0.2, 0.25) is 0 Å². The molecular formula is C12H12N2O4. The van der Waals surface area contributed by atoms with Crippen LogP contribution in [0.5, 0.6) is 0 Å². The molecule has 1 N–H and O–H groups in total. The Bertz CT molecular complexity index is 479. The minimum Gasteiger partial charge on any atom is -0.452 e. The van der Waals surface area contributed by atoms with Gasteiger partial charge in [-0.25, -0.2) is 0 Å². The van der Waals surface area contributed by atoms with E-state index in [4.69, 9.17) is 6.42 Å². The van der Waals surface area contributed by atoms with Gasteiger partial charge in [0.2, 0.25) is 0 Å². The van der Waals surface area contributed by atoms with Crippen LogP contribution in [0.15, 0.2) is 24.3 Å². The summed E-state index contributed by atoms with van der Waals surface area (Å²) < 4.78 is 4.66. The van der Waals surface area contributed by atoms with E-state index >= 15 is 0 Å². The first-order valence-corrected chi connectivity index (χ1v) is 5.21. The molecule has 6 heteroatoms. The zero-order valence-corrected chi connectivity index (χ0v) is 9.59. The van der Waals surface area contributed by atoms with Crippen LogP contribution in [0.3, 0.4) is 0 Å². The molecule has 0 heterocycles. The second-order valence-electron chi connectivity index (χ2n) is 3.32. The van der Waals surface area contributed by atoms with Crippen LogP contribution < -0.4 is 5.32 Å². The first kappa shape index (κ1) is 13.5. The zero-order chi connectivity index (χ0) is 13.4. The molecule has 18 heavy (non-hydrogen) atoms. The van der Waals surface area contributed by atoms with Crippen LogP contribution >= 0.6 is 0 Å². The van der Waals surface area contributed by atoms with E-state index in [1.54, 1.807) is 18.2 Å². The third-order valence-corrected chi connectivity index (χ3v) is 2.06. The molecule has 0 unspecified atom stereocenters. The molecule has 0 aliphatic carbocycles. The summed E-state index contributed by atoms with van der Waals surface area (Å²) in [4.78, 5) is 21.3. The predicted molar refractivity (Wildman–Crippen MR) is 66.0 cm³/mol. The molecule has 0 amide bonds. The number of nitro groups is 1. The number of nitrogens with zero attached hydrogens (tertiary/aromatic N) is 1. The van der Waals surface area contributed by atoms with Crippen molar-refractivity contribution in [3.8, 4) is 12.3 Å². The molecule has 0 fully saturated rings. The lowest BCUT2D eigenvalue weighted by molar-refractivity contribution is -0.384. The Hall–Kier alpha value is -2.55. The summed E-state index contributed by atoms with van der Waals surface area (Å²) in [5.74, 6) is 1.73. The van der Waals surface area contributed by atoms with E-state index in [2.05, 4.69) is 16.0 Å². The van der Waals surface area contributed by atoms with Crippen LogP contribution in [-0.4, -0.2) is 24.0 Å². The number of nitro benzene ring substituents is 1. The van der Waals surface area contributed by atoms with E-state index < -0.39 is 10.9 Å². The number of nitrogens with one attached hydrogen (secondary N) is 1. The molecule has 0 saturated heterocycles. The first-order valence-electron chi connectivity index (χ1n) is 5.21. The fourth-order valence-electron chi connectivity index (χ4n) is 1.28. The number of esters is 1. The lowest BCUT2D eigenvalue weighted by atomic mass is 10.2. The van der Waals surface area contributed by atoms with Crippen molar-refractivity contribution < 1.29 is 14.5 Å². The van der Waals surface area contributed by atoms with Crippen molar-refractivity contribution in [2.75, 3.05) is 18.5 Å². The van der Waals surface area contributed by atoms with Gasteiger partial charge in [-0.05, 0) is 6.07 Å². The van der Waals surface area contributed by atoms with Crippen molar-refractivity contribution >= 4 is 17.3 Å². The Labute approximate surface area is 104 Å². The number of ether oxygens (including phenoxy) is 1. The molecule has 0 aliphatic rings. The number of para-hydroxylation sites is 2. The summed E-state index contributed by atoms with van der Waals surface area (Å²) in [7, 11) is 0. The largest absolute Gasteiger partial charge is 0.452 e. The molecule has 94 valence electrons. The van der Waals surface area contributed by atoms with E-state index in [0.717, 1.165) is 0 Å². The lowest BCUT2D eigenvalue weighted by Gasteiger charge is -2.06. The molecule has 1 aromatic rings. The second kappa shape index (κ2) is 6.91. The summed E-state index contributed by atoms with van der Waals surface area (Å²) in [6.07, 6.45) is 5.02. The molecule has 0 aromatic heterocycles. The number of terminal acetylenes is 1. The monoisotopic (exact) mass is 248 g/mol. The summed E-state index contributed by atoms with van der Waals surface area (Å²) in [6.45, 7) is 0.179. The van der Waals surface area contributed by atoms with Crippen molar-refractivity contribution in [2.45, 2.75) is 6.42 Å². The first-order chi connectivity index (χ1) is 8.65. The highest BCUT2D eigenvalue weighted by atomic mass is 16.6. The second-order valence-corrected chi connectivity index (χ2v) is 3.32. The van der Waals surface area contributed by atoms with E-state index in [1.807, 2.05) is 0 Å². The molecule has 6 nitrogen and oxygen atoms in total. The van der Waals surface area contributed by atoms with Gasteiger partial charge in [0.1, 0.15) is 5.69 Å². The normalized spacial score (nSPS) is 9.28. The number of hydrogen-bond acceptors (Lipinski definition) is 5. The van der Waals surface area contributed by atoms with E-state index in [-0.39, 0.29) is 25.3 Å². The third kappa shape index (κ3) is 4.14. The molecule has 0 bridgehead atoms. The predicted octanol–water partition coefficient (Wildman–Crippen LogP) is 1.57. The molecular weight excluding hydrogens is 236 g/mol. The fraction of sp³-hybridized carbons (Fsp3) is 0.250. The van der Waals surface area contributed by atoms with Crippen LogP contribution in [0.1, 0.15) is 6.42 Å². The Balaban J connectivity index is 2.47. The summed E-state index contributed by atoms with van der Waals surface area (Å²) in [6, 6.07) is 6.21. The van der Waals surface area contributed by atoms with Crippen molar-refractivity contribution in [3.63, 3.8) is 0 Å². The van der Waals surface area contributed by atoms with Gasteiger partial charge < -0.3 is 10.1 Å². The van der Waals surface area contributed by atoms with Crippen LogP contribution in [-0.2, 0) is 9.53 Å². The average Bonchev–Trinajstić information content (AvgIpc) is 2.36.